The van der Waals surface area contributed by atoms with Crippen LogP contribution in [0.4, 0.5) is 0 Å². The standard InChI is InChI=1S/C14H16BrNO4/c1-8-5-9(15)6-11(14(18)19)13(8)20-7-12(17)16(2)10-3-4-10/h5-6,10H,3-4,7H2,1-2H3,(H,18,19). The van der Waals surface area contributed by atoms with Crippen molar-refractivity contribution in [1.29, 1.82) is 0 Å². The maximum atomic E-state index is 11.9. The number of hydrogen-bond acceptors (Lipinski definition) is 3. The number of aromatic carboxylic acids is 1. The summed E-state index contributed by atoms with van der Waals surface area (Å²) in [5.74, 6) is -0.961. The molecule has 0 unspecified atom stereocenters. The van der Waals surface area contributed by atoms with E-state index in [1.807, 2.05) is 0 Å². The van der Waals surface area contributed by atoms with E-state index in [1.54, 1.807) is 24.9 Å². The number of carbonyl (C=O) groups is 2. The Morgan fingerprint density at radius 3 is 2.65 bits per heavy atom. The second-order valence-corrected chi connectivity index (χ2v) is 5.84. The summed E-state index contributed by atoms with van der Waals surface area (Å²) < 4.78 is 6.12. The summed E-state index contributed by atoms with van der Waals surface area (Å²) in [6.07, 6.45) is 2.06. The molecular formula is C14H16BrNO4. The number of likely N-dealkylation sites (N-methyl/N-ethyl adjacent to an activating group) is 1. The van der Waals surface area contributed by atoms with E-state index in [1.165, 1.54) is 6.07 Å². The maximum absolute atomic E-state index is 11.9. The molecule has 0 bridgehead atoms. The van der Waals surface area contributed by atoms with Crippen molar-refractivity contribution >= 4 is 27.8 Å². The van der Waals surface area contributed by atoms with Crippen LogP contribution in [0, 0.1) is 6.92 Å². The van der Waals surface area contributed by atoms with E-state index in [4.69, 9.17) is 4.74 Å². The third-order valence-electron chi connectivity index (χ3n) is 3.30. The molecule has 0 spiro atoms. The number of rotatable bonds is 5. The number of ether oxygens (including phenoxy) is 1. The van der Waals surface area contributed by atoms with Crippen molar-refractivity contribution in [3.8, 4) is 5.75 Å². The third kappa shape index (κ3) is 3.30. The average Bonchev–Trinajstić information content (AvgIpc) is 3.19. The molecule has 1 N–H and O–H groups in total. The van der Waals surface area contributed by atoms with E-state index in [0.29, 0.717) is 16.1 Å². The maximum Gasteiger partial charge on any atom is 0.339 e. The van der Waals surface area contributed by atoms with E-state index in [2.05, 4.69) is 15.9 Å². The average molecular weight is 342 g/mol. The number of carboxylic acids is 1. The van der Waals surface area contributed by atoms with Crippen LogP contribution >= 0.6 is 15.9 Å². The Hall–Kier alpha value is -1.56. The normalized spacial score (nSPS) is 13.9. The number of benzene rings is 1. The second-order valence-electron chi connectivity index (χ2n) is 4.93. The monoisotopic (exact) mass is 341 g/mol. The second kappa shape index (κ2) is 5.83. The SMILES string of the molecule is Cc1cc(Br)cc(C(=O)O)c1OCC(=O)N(C)C1CC1. The van der Waals surface area contributed by atoms with Gasteiger partial charge >= 0.3 is 5.97 Å². The number of carbonyl (C=O) groups excluding carboxylic acids is 1. The Labute approximate surface area is 125 Å². The number of halogens is 1. The van der Waals surface area contributed by atoms with Gasteiger partial charge in [-0.05, 0) is 37.5 Å². The van der Waals surface area contributed by atoms with Crippen LogP contribution in [0.3, 0.4) is 0 Å². The number of hydrogen-bond donors (Lipinski definition) is 1. The minimum absolute atomic E-state index is 0.0544. The topological polar surface area (TPSA) is 66.8 Å². The van der Waals surface area contributed by atoms with Crippen molar-refractivity contribution in [2.75, 3.05) is 13.7 Å². The molecule has 0 radical (unpaired) electrons. The molecule has 0 aliphatic heterocycles. The van der Waals surface area contributed by atoms with Gasteiger partial charge in [0.15, 0.2) is 6.61 Å². The van der Waals surface area contributed by atoms with Gasteiger partial charge in [-0.15, -0.1) is 0 Å². The minimum atomic E-state index is -1.08. The summed E-state index contributed by atoms with van der Waals surface area (Å²) in [4.78, 5) is 24.8. The highest BCUT2D eigenvalue weighted by Crippen LogP contribution is 2.29. The van der Waals surface area contributed by atoms with Crippen LogP contribution in [0.15, 0.2) is 16.6 Å². The van der Waals surface area contributed by atoms with Gasteiger partial charge in [0.2, 0.25) is 0 Å². The largest absolute Gasteiger partial charge is 0.483 e. The van der Waals surface area contributed by atoms with Crippen molar-refractivity contribution in [3.05, 3.63) is 27.7 Å². The molecule has 5 nitrogen and oxygen atoms in total. The molecule has 2 rings (SSSR count). The summed E-state index contributed by atoms with van der Waals surface area (Å²) in [6.45, 7) is 1.61. The zero-order chi connectivity index (χ0) is 14.9. The van der Waals surface area contributed by atoms with Crippen LogP contribution in [0.5, 0.6) is 5.75 Å². The summed E-state index contributed by atoms with van der Waals surface area (Å²) in [5, 5.41) is 9.19. The Bertz CT molecular complexity index is 554. The number of carboxylic acid groups (broad SMARTS) is 1. The molecule has 1 aromatic rings. The van der Waals surface area contributed by atoms with E-state index in [0.717, 1.165) is 12.8 Å². The van der Waals surface area contributed by atoms with Gasteiger partial charge in [-0.1, -0.05) is 15.9 Å². The van der Waals surface area contributed by atoms with Gasteiger partial charge in [0, 0.05) is 17.6 Å². The fourth-order valence-corrected chi connectivity index (χ4v) is 2.55. The van der Waals surface area contributed by atoms with Crippen LogP contribution in [-0.4, -0.2) is 41.6 Å². The van der Waals surface area contributed by atoms with Crippen LogP contribution in [0.25, 0.3) is 0 Å². The minimum Gasteiger partial charge on any atom is -0.483 e. The van der Waals surface area contributed by atoms with E-state index < -0.39 is 5.97 Å². The van der Waals surface area contributed by atoms with Crippen molar-refractivity contribution in [3.63, 3.8) is 0 Å². The van der Waals surface area contributed by atoms with Gasteiger partial charge in [-0.2, -0.15) is 0 Å². The van der Waals surface area contributed by atoms with Crippen molar-refractivity contribution < 1.29 is 19.4 Å². The van der Waals surface area contributed by atoms with Gasteiger partial charge in [-0.3, -0.25) is 4.79 Å². The molecule has 0 heterocycles. The first-order valence-corrected chi connectivity index (χ1v) is 7.11. The highest BCUT2D eigenvalue weighted by Gasteiger charge is 2.29. The molecule has 20 heavy (non-hydrogen) atoms. The first kappa shape index (κ1) is 14.8. The van der Waals surface area contributed by atoms with Crippen molar-refractivity contribution in [1.82, 2.24) is 4.90 Å². The van der Waals surface area contributed by atoms with Crippen LogP contribution in [0.1, 0.15) is 28.8 Å². The predicted octanol–water partition coefficient (Wildman–Crippen LogP) is 2.46. The molecule has 1 fully saturated rings. The highest BCUT2D eigenvalue weighted by molar-refractivity contribution is 9.10. The Kier molecular flexibility index (Phi) is 4.32. The Morgan fingerprint density at radius 1 is 1.45 bits per heavy atom. The number of nitrogens with zero attached hydrogens (tertiary/aromatic N) is 1. The summed E-state index contributed by atoms with van der Waals surface area (Å²) in [7, 11) is 1.75. The van der Waals surface area contributed by atoms with Crippen molar-refractivity contribution in [2.24, 2.45) is 0 Å². The first-order chi connectivity index (χ1) is 9.40. The molecule has 1 aromatic carbocycles. The van der Waals surface area contributed by atoms with Gasteiger partial charge < -0.3 is 14.7 Å². The molecule has 0 saturated heterocycles. The van der Waals surface area contributed by atoms with E-state index in [9.17, 15) is 14.7 Å². The first-order valence-electron chi connectivity index (χ1n) is 6.32. The van der Waals surface area contributed by atoms with E-state index >= 15 is 0 Å². The molecule has 1 amide bonds. The zero-order valence-corrected chi connectivity index (χ0v) is 12.9. The lowest BCUT2D eigenvalue weighted by atomic mass is 10.1. The lowest BCUT2D eigenvalue weighted by Crippen LogP contribution is -2.33. The molecule has 1 saturated carbocycles. The molecular weight excluding hydrogens is 326 g/mol. The molecule has 108 valence electrons. The fourth-order valence-electron chi connectivity index (χ4n) is 1.98. The Morgan fingerprint density at radius 2 is 2.10 bits per heavy atom. The predicted molar refractivity (Wildman–Crippen MR) is 77.1 cm³/mol. The molecule has 6 heteroatoms. The van der Waals surface area contributed by atoms with Crippen LogP contribution in [-0.2, 0) is 4.79 Å². The van der Waals surface area contributed by atoms with E-state index in [-0.39, 0.29) is 23.8 Å². The summed E-state index contributed by atoms with van der Waals surface area (Å²) in [5.41, 5.74) is 0.734. The van der Waals surface area contributed by atoms with Gasteiger partial charge in [0.05, 0.1) is 0 Å². The van der Waals surface area contributed by atoms with Gasteiger partial charge in [0.1, 0.15) is 11.3 Å². The zero-order valence-electron chi connectivity index (χ0n) is 11.4. The smallest absolute Gasteiger partial charge is 0.339 e. The number of aryl methyl sites for hydroxylation is 1. The Balaban J connectivity index is 2.12. The fraction of sp³-hybridized carbons (Fsp3) is 0.429. The summed E-state index contributed by atoms with van der Waals surface area (Å²) in [6, 6.07) is 3.55. The quantitative estimate of drug-likeness (QED) is 0.893. The van der Waals surface area contributed by atoms with Gasteiger partial charge in [0.25, 0.3) is 5.91 Å². The molecule has 0 aromatic heterocycles. The molecule has 1 aliphatic carbocycles. The molecule has 0 atom stereocenters. The summed E-state index contributed by atoms with van der Waals surface area (Å²) >= 11 is 3.25. The van der Waals surface area contributed by atoms with Crippen molar-refractivity contribution in [2.45, 2.75) is 25.8 Å². The van der Waals surface area contributed by atoms with Crippen LogP contribution < -0.4 is 4.74 Å². The molecule has 1 aliphatic rings. The van der Waals surface area contributed by atoms with Crippen LogP contribution in [0.2, 0.25) is 0 Å². The lowest BCUT2D eigenvalue weighted by Gasteiger charge is -2.18. The highest BCUT2D eigenvalue weighted by atomic mass is 79.9. The number of amides is 1. The third-order valence-corrected chi connectivity index (χ3v) is 3.76. The lowest BCUT2D eigenvalue weighted by molar-refractivity contribution is -0.132. The van der Waals surface area contributed by atoms with Gasteiger partial charge in [-0.25, -0.2) is 4.79 Å².